The van der Waals surface area contributed by atoms with Gasteiger partial charge in [0.05, 0.1) is 34.3 Å². The monoisotopic (exact) mass is 496 g/mol. The third kappa shape index (κ3) is 7.55. The molecule has 0 atom stereocenters. The Balaban J connectivity index is 3.55. The van der Waals surface area contributed by atoms with Crippen LogP contribution in [0.4, 0.5) is 17.1 Å². The molecule has 0 aliphatic carbocycles. The molecule has 0 unspecified atom stereocenters. The Morgan fingerprint density at radius 3 is 2.38 bits per heavy atom. The fourth-order valence-electron chi connectivity index (χ4n) is 2.42. The number of carbonyl (C=O) groups excluding carboxylic acids is 1. The van der Waals surface area contributed by atoms with Crippen LogP contribution < -0.4 is 10.2 Å². The quantitative estimate of drug-likeness (QED) is 0.196. The van der Waals surface area contributed by atoms with E-state index < -0.39 is 37.2 Å². The number of benzene rings is 1. The minimum absolute atomic E-state index is 0.106. The van der Waals surface area contributed by atoms with Crippen LogP contribution in [0.1, 0.15) is 23.7 Å². The van der Waals surface area contributed by atoms with E-state index in [4.69, 9.17) is 4.18 Å². The van der Waals surface area contributed by atoms with Crippen molar-refractivity contribution in [2.24, 2.45) is 0 Å². The van der Waals surface area contributed by atoms with Crippen LogP contribution in [0.3, 0.4) is 0 Å². The molecule has 1 aromatic carbocycles. The van der Waals surface area contributed by atoms with Crippen LogP contribution in [-0.4, -0.2) is 62.0 Å². The molecule has 12 nitrogen and oxygen atoms in total. The lowest BCUT2D eigenvalue weighted by Gasteiger charge is -2.25. The van der Waals surface area contributed by atoms with Crippen molar-refractivity contribution in [1.29, 1.82) is 0 Å². The summed E-state index contributed by atoms with van der Waals surface area (Å²) in [6.45, 7) is 1.79. The van der Waals surface area contributed by atoms with E-state index in [0.717, 1.165) is 18.4 Å². The van der Waals surface area contributed by atoms with Crippen LogP contribution in [-0.2, 0) is 14.3 Å². The molecule has 0 aliphatic rings. The van der Waals surface area contributed by atoms with Crippen LogP contribution >= 0.6 is 15.9 Å². The van der Waals surface area contributed by atoms with Gasteiger partial charge < -0.3 is 10.2 Å². The largest absolute Gasteiger partial charge is 0.362 e. The van der Waals surface area contributed by atoms with Crippen molar-refractivity contribution >= 4 is 49.0 Å². The van der Waals surface area contributed by atoms with E-state index in [1.807, 2.05) is 0 Å². The summed E-state index contributed by atoms with van der Waals surface area (Å²) in [5.41, 5.74) is -1.64. The first-order valence-corrected chi connectivity index (χ1v) is 11.4. The number of nitro benzene ring substituents is 2. The van der Waals surface area contributed by atoms with Crippen molar-refractivity contribution in [3.8, 4) is 0 Å². The number of anilines is 1. The normalized spacial score (nSPS) is 11.1. The average Bonchev–Trinajstić information content (AvgIpc) is 2.63. The maximum Gasteiger partial charge on any atom is 0.300 e. The number of amides is 1. The topological polar surface area (TPSA) is 162 Å². The second kappa shape index (κ2) is 11.0. The van der Waals surface area contributed by atoms with Crippen LogP contribution in [0.15, 0.2) is 12.1 Å². The van der Waals surface area contributed by atoms with Gasteiger partial charge in [-0.25, -0.2) is 0 Å². The zero-order chi connectivity index (χ0) is 22.2. The summed E-state index contributed by atoms with van der Waals surface area (Å²) in [6, 6.07) is 1.73. The van der Waals surface area contributed by atoms with Crippen molar-refractivity contribution in [1.82, 2.24) is 5.32 Å². The van der Waals surface area contributed by atoms with Gasteiger partial charge in [0, 0.05) is 31.0 Å². The molecule has 1 aromatic rings. The van der Waals surface area contributed by atoms with Gasteiger partial charge in [-0.15, -0.1) is 0 Å². The molecule has 14 heteroatoms. The van der Waals surface area contributed by atoms with Gasteiger partial charge >= 0.3 is 0 Å². The van der Waals surface area contributed by atoms with E-state index in [-0.39, 0.29) is 37.5 Å². The molecule has 1 N–H and O–H groups in total. The maximum atomic E-state index is 12.6. The minimum Gasteiger partial charge on any atom is -0.362 e. The fourth-order valence-corrected chi connectivity index (χ4v) is 3.23. The Morgan fingerprint density at radius 1 is 1.24 bits per heavy atom. The SMILES string of the molecule is CCCNC(=O)c1cc([N+](=O)[O-])cc([N+](=O)[O-])c1N(CCBr)CCOS(C)(=O)=O. The van der Waals surface area contributed by atoms with Crippen LogP contribution in [0, 0.1) is 20.2 Å². The predicted molar refractivity (Wildman–Crippen MR) is 109 cm³/mol. The average molecular weight is 497 g/mol. The number of alkyl halides is 1. The number of rotatable bonds is 12. The molecule has 0 radical (unpaired) electrons. The van der Waals surface area contributed by atoms with E-state index in [1.54, 1.807) is 6.92 Å². The summed E-state index contributed by atoms with van der Waals surface area (Å²) in [5, 5.41) is 25.7. The molecular weight excluding hydrogens is 476 g/mol. The summed E-state index contributed by atoms with van der Waals surface area (Å²) >= 11 is 3.20. The molecule has 0 bridgehead atoms. The Labute approximate surface area is 175 Å². The molecule has 0 aromatic heterocycles. The molecule has 0 spiro atoms. The van der Waals surface area contributed by atoms with Crippen molar-refractivity contribution in [3.05, 3.63) is 37.9 Å². The second-order valence-corrected chi connectivity index (χ2v) is 8.27. The lowest BCUT2D eigenvalue weighted by Crippen LogP contribution is -2.34. The molecule has 162 valence electrons. The Hall–Kier alpha value is -2.32. The highest BCUT2D eigenvalue weighted by atomic mass is 79.9. The molecule has 0 saturated heterocycles. The van der Waals surface area contributed by atoms with Gasteiger partial charge in [0.2, 0.25) is 0 Å². The first-order chi connectivity index (χ1) is 13.5. The molecule has 0 fully saturated rings. The number of non-ortho nitro benzene ring substituents is 1. The highest BCUT2D eigenvalue weighted by Gasteiger charge is 2.30. The number of hydrogen-bond donors (Lipinski definition) is 1. The molecule has 29 heavy (non-hydrogen) atoms. The van der Waals surface area contributed by atoms with Gasteiger partial charge in [0.15, 0.2) is 0 Å². The summed E-state index contributed by atoms with van der Waals surface area (Å²) < 4.78 is 27.1. The number of carbonyl (C=O) groups is 1. The molecule has 1 rings (SSSR count). The number of nitro groups is 2. The summed E-state index contributed by atoms with van der Waals surface area (Å²) in [7, 11) is -3.74. The maximum absolute atomic E-state index is 12.6. The molecule has 0 aliphatic heterocycles. The van der Waals surface area contributed by atoms with Gasteiger partial charge in [0.1, 0.15) is 5.69 Å². The van der Waals surface area contributed by atoms with E-state index in [0.29, 0.717) is 11.8 Å². The van der Waals surface area contributed by atoms with Gasteiger partial charge in [-0.05, 0) is 6.42 Å². The zero-order valence-corrected chi connectivity index (χ0v) is 18.2. The van der Waals surface area contributed by atoms with Crippen LogP contribution in [0.2, 0.25) is 0 Å². The summed E-state index contributed by atoms with van der Waals surface area (Å²) in [5.74, 6) is -0.711. The number of halogens is 1. The molecule has 0 saturated carbocycles. The van der Waals surface area contributed by atoms with Crippen molar-refractivity contribution < 1.29 is 27.2 Å². The van der Waals surface area contributed by atoms with Crippen molar-refractivity contribution in [3.63, 3.8) is 0 Å². The fraction of sp³-hybridized carbons (Fsp3) is 0.533. The Bertz CT molecular complexity index is 877. The second-order valence-electron chi connectivity index (χ2n) is 5.83. The minimum atomic E-state index is -3.74. The zero-order valence-electron chi connectivity index (χ0n) is 15.8. The van der Waals surface area contributed by atoms with Gasteiger partial charge in [-0.2, -0.15) is 8.42 Å². The third-order valence-corrected chi connectivity index (χ3v) is 4.54. The highest BCUT2D eigenvalue weighted by Crippen LogP contribution is 2.36. The highest BCUT2D eigenvalue weighted by molar-refractivity contribution is 9.09. The first kappa shape index (κ1) is 24.7. The van der Waals surface area contributed by atoms with E-state index in [2.05, 4.69) is 21.2 Å². The summed E-state index contributed by atoms with van der Waals surface area (Å²) in [6.07, 6.45) is 1.45. The Kier molecular flexibility index (Phi) is 9.39. The van der Waals surface area contributed by atoms with Gasteiger partial charge in [-0.3, -0.25) is 29.2 Å². The van der Waals surface area contributed by atoms with Crippen molar-refractivity contribution in [2.45, 2.75) is 13.3 Å². The lowest BCUT2D eigenvalue weighted by atomic mass is 10.1. The number of nitrogens with one attached hydrogen (secondary N) is 1. The van der Waals surface area contributed by atoms with E-state index in [1.165, 1.54) is 4.90 Å². The smallest absolute Gasteiger partial charge is 0.300 e. The standard InChI is InChI=1S/C15H21BrN4O8S/c1-3-5-17-15(21)12-9-11(19(22)23)10-13(20(24)25)14(12)18(6-4-16)7-8-28-29(2,26)27/h9-10H,3-8H2,1-2H3,(H,17,21). The third-order valence-electron chi connectivity index (χ3n) is 3.59. The van der Waals surface area contributed by atoms with Crippen LogP contribution in [0.25, 0.3) is 0 Å². The number of nitrogens with zero attached hydrogens (tertiary/aromatic N) is 3. The molecular formula is C15H21BrN4O8S. The predicted octanol–water partition coefficient (Wildman–Crippen LogP) is 1.82. The first-order valence-electron chi connectivity index (χ1n) is 8.42. The summed E-state index contributed by atoms with van der Waals surface area (Å²) in [4.78, 5) is 35.1. The Morgan fingerprint density at radius 2 is 1.90 bits per heavy atom. The van der Waals surface area contributed by atoms with E-state index in [9.17, 15) is 33.4 Å². The van der Waals surface area contributed by atoms with Gasteiger partial charge in [-0.1, -0.05) is 22.9 Å². The van der Waals surface area contributed by atoms with Gasteiger partial charge in [0.25, 0.3) is 27.4 Å². The van der Waals surface area contributed by atoms with Crippen LogP contribution in [0.5, 0.6) is 0 Å². The van der Waals surface area contributed by atoms with E-state index >= 15 is 0 Å². The molecule has 1 amide bonds. The number of hydrogen-bond acceptors (Lipinski definition) is 9. The lowest BCUT2D eigenvalue weighted by molar-refractivity contribution is -0.393. The van der Waals surface area contributed by atoms with Crippen molar-refractivity contribution in [2.75, 3.05) is 42.7 Å². The molecule has 0 heterocycles.